The molecular formula is C14H20FN3O. The first-order valence-corrected chi connectivity index (χ1v) is 6.65. The molecule has 0 aromatic heterocycles. The number of benzene rings is 1. The smallest absolute Gasteiger partial charge is 0.253 e. The maximum atomic E-state index is 13.3. The van der Waals surface area contributed by atoms with E-state index in [-0.39, 0.29) is 23.2 Å². The van der Waals surface area contributed by atoms with Crippen molar-refractivity contribution in [1.29, 1.82) is 0 Å². The number of amides is 1. The predicted octanol–water partition coefficient (Wildman–Crippen LogP) is 1.62. The zero-order valence-electron chi connectivity index (χ0n) is 11.2. The number of para-hydroxylation sites is 1. The molecule has 1 aromatic rings. The van der Waals surface area contributed by atoms with Gasteiger partial charge < -0.3 is 16.0 Å². The summed E-state index contributed by atoms with van der Waals surface area (Å²) in [5.74, 6) is -0.872. The molecule has 1 aliphatic rings. The van der Waals surface area contributed by atoms with E-state index in [9.17, 15) is 9.18 Å². The van der Waals surface area contributed by atoms with Gasteiger partial charge in [0.05, 0.1) is 11.3 Å². The Bertz CT molecular complexity index is 458. The van der Waals surface area contributed by atoms with Crippen LogP contribution in [0, 0.1) is 5.82 Å². The van der Waals surface area contributed by atoms with Gasteiger partial charge in [-0.15, -0.1) is 0 Å². The van der Waals surface area contributed by atoms with Crippen LogP contribution < -0.4 is 11.1 Å². The molecule has 3 N–H and O–H groups in total. The van der Waals surface area contributed by atoms with E-state index in [1.54, 1.807) is 0 Å². The van der Waals surface area contributed by atoms with E-state index in [4.69, 9.17) is 5.73 Å². The molecule has 1 fully saturated rings. The highest BCUT2D eigenvalue weighted by atomic mass is 19.1. The van der Waals surface area contributed by atoms with Crippen LogP contribution >= 0.6 is 0 Å². The van der Waals surface area contributed by atoms with Crippen LogP contribution in [0.25, 0.3) is 0 Å². The van der Waals surface area contributed by atoms with Crippen molar-refractivity contribution in [3.63, 3.8) is 0 Å². The minimum atomic E-state index is -0.556. The summed E-state index contributed by atoms with van der Waals surface area (Å²) in [6.45, 7) is 4.94. The van der Waals surface area contributed by atoms with Crippen molar-refractivity contribution in [1.82, 2.24) is 10.2 Å². The van der Waals surface area contributed by atoms with Crippen LogP contribution in [0.5, 0.6) is 0 Å². The Hall–Kier alpha value is -1.62. The van der Waals surface area contributed by atoms with Crippen LogP contribution in [-0.2, 0) is 0 Å². The summed E-state index contributed by atoms with van der Waals surface area (Å²) < 4.78 is 13.3. The van der Waals surface area contributed by atoms with Crippen LogP contribution in [0.2, 0.25) is 0 Å². The fraction of sp³-hybridized carbons (Fsp3) is 0.500. The van der Waals surface area contributed by atoms with Crippen molar-refractivity contribution in [3.05, 3.63) is 29.6 Å². The highest BCUT2D eigenvalue weighted by Gasteiger charge is 2.18. The van der Waals surface area contributed by atoms with Crippen LogP contribution in [0.15, 0.2) is 18.2 Å². The van der Waals surface area contributed by atoms with E-state index in [0.29, 0.717) is 0 Å². The summed E-state index contributed by atoms with van der Waals surface area (Å²) in [6.07, 6.45) is 2.44. The quantitative estimate of drug-likeness (QED) is 0.813. The molecule has 19 heavy (non-hydrogen) atoms. The van der Waals surface area contributed by atoms with Gasteiger partial charge in [-0.1, -0.05) is 6.07 Å². The van der Waals surface area contributed by atoms with Gasteiger partial charge in [0.1, 0.15) is 5.82 Å². The van der Waals surface area contributed by atoms with E-state index in [0.717, 1.165) is 19.6 Å². The average Bonchev–Trinajstić information content (AvgIpc) is 2.85. The van der Waals surface area contributed by atoms with Crippen LogP contribution in [0.3, 0.4) is 0 Å². The maximum Gasteiger partial charge on any atom is 0.253 e. The molecule has 1 aliphatic heterocycles. The van der Waals surface area contributed by atoms with Crippen molar-refractivity contribution in [2.24, 2.45) is 0 Å². The number of carbonyl (C=O) groups is 1. The molecule has 1 heterocycles. The lowest BCUT2D eigenvalue weighted by molar-refractivity contribution is 0.0932. The average molecular weight is 265 g/mol. The second-order valence-electron chi connectivity index (χ2n) is 5.08. The molecule has 0 saturated carbocycles. The van der Waals surface area contributed by atoms with Crippen LogP contribution in [0.4, 0.5) is 10.1 Å². The molecule has 1 unspecified atom stereocenters. The number of halogens is 1. The topological polar surface area (TPSA) is 58.4 Å². The van der Waals surface area contributed by atoms with Crippen LogP contribution in [-0.4, -0.2) is 36.5 Å². The molecule has 5 heteroatoms. The Balaban J connectivity index is 1.94. The lowest BCUT2D eigenvalue weighted by atomic mass is 10.1. The number of rotatable bonds is 4. The first kappa shape index (κ1) is 13.8. The number of hydrogen-bond acceptors (Lipinski definition) is 3. The monoisotopic (exact) mass is 265 g/mol. The fourth-order valence-corrected chi connectivity index (χ4v) is 2.43. The Kier molecular flexibility index (Phi) is 4.37. The zero-order chi connectivity index (χ0) is 13.8. The predicted molar refractivity (Wildman–Crippen MR) is 73.4 cm³/mol. The summed E-state index contributed by atoms with van der Waals surface area (Å²) in [5, 5.41) is 2.86. The number of nitrogen functional groups attached to an aromatic ring is 1. The van der Waals surface area contributed by atoms with Gasteiger partial charge in [-0.25, -0.2) is 4.39 Å². The summed E-state index contributed by atoms with van der Waals surface area (Å²) >= 11 is 0. The summed E-state index contributed by atoms with van der Waals surface area (Å²) in [6, 6.07) is 4.30. The molecule has 2 rings (SSSR count). The normalized spacial score (nSPS) is 17.4. The van der Waals surface area contributed by atoms with Gasteiger partial charge in [-0.05, 0) is 45.0 Å². The van der Waals surface area contributed by atoms with Gasteiger partial charge in [0, 0.05) is 12.6 Å². The second-order valence-corrected chi connectivity index (χ2v) is 5.08. The van der Waals surface area contributed by atoms with Gasteiger partial charge in [-0.3, -0.25) is 4.79 Å². The lowest BCUT2D eigenvalue weighted by Gasteiger charge is -2.21. The molecule has 104 valence electrons. The SMILES string of the molecule is CC(CN1CCCC1)NC(=O)c1cccc(F)c1N. The number of nitrogens with zero attached hydrogens (tertiary/aromatic N) is 1. The van der Waals surface area contributed by atoms with Gasteiger partial charge >= 0.3 is 0 Å². The van der Waals surface area contributed by atoms with Gasteiger partial charge in [0.2, 0.25) is 0 Å². The van der Waals surface area contributed by atoms with E-state index < -0.39 is 5.82 Å². The van der Waals surface area contributed by atoms with E-state index in [2.05, 4.69) is 10.2 Å². The fourth-order valence-electron chi connectivity index (χ4n) is 2.43. The second kappa shape index (κ2) is 6.02. The molecule has 0 aliphatic carbocycles. The van der Waals surface area contributed by atoms with Crippen molar-refractivity contribution >= 4 is 11.6 Å². The Morgan fingerprint density at radius 1 is 1.47 bits per heavy atom. The molecule has 0 bridgehead atoms. The van der Waals surface area contributed by atoms with Crippen molar-refractivity contribution in [2.45, 2.75) is 25.8 Å². The van der Waals surface area contributed by atoms with E-state index in [1.165, 1.54) is 31.0 Å². The lowest BCUT2D eigenvalue weighted by Crippen LogP contribution is -2.41. The molecule has 1 atom stereocenters. The number of likely N-dealkylation sites (tertiary alicyclic amines) is 1. The van der Waals surface area contributed by atoms with E-state index >= 15 is 0 Å². The van der Waals surface area contributed by atoms with Crippen molar-refractivity contribution in [2.75, 3.05) is 25.4 Å². The standard InChI is InChI=1S/C14H20FN3O/c1-10(9-18-7-2-3-8-18)17-14(19)11-5-4-6-12(15)13(11)16/h4-6,10H,2-3,7-9,16H2,1H3,(H,17,19). The van der Waals surface area contributed by atoms with Gasteiger partial charge in [0.15, 0.2) is 0 Å². The summed E-state index contributed by atoms with van der Waals surface area (Å²) in [4.78, 5) is 14.3. The highest BCUT2D eigenvalue weighted by Crippen LogP contribution is 2.16. The molecule has 1 amide bonds. The molecule has 1 saturated heterocycles. The number of carbonyl (C=O) groups excluding carboxylic acids is 1. The number of anilines is 1. The molecular weight excluding hydrogens is 245 g/mol. The number of nitrogens with two attached hydrogens (primary N) is 1. The van der Waals surface area contributed by atoms with Crippen LogP contribution in [0.1, 0.15) is 30.1 Å². The summed E-state index contributed by atoms with van der Waals surface area (Å²) in [5.41, 5.74) is 5.69. The largest absolute Gasteiger partial charge is 0.396 e. The molecule has 0 radical (unpaired) electrons. The molecule has 4 nitrogen and oxygen atoms in total. The third-order valence-corrected chi connectivity index (χ3v) is 3.41. The minimum absolute atomic E-state index is 0.0215. The van der Waals surface area contributed by atoms with Gasteiger partial charge in [-0.2, -0.15) is 0 Å². The Morgan fingerprint density at radius 3 is 2.84 bits per heavy atom. The van der Waals surface area contributed by atoms with Crippen molar-refractivity contribution in [3.8, 4) is 0 Å². The molecule has 1 aromatic carbocycles. The summed E-state index contributed by atoms with van der Waals surface area (Å²) in [7, 11) is 0. The third-order valence-electron chi connectivity index (χ3n) is 3.41. The first-order chi connectivity index (χ1) is 9.08. The zero-order valence-corrected chi connectivity index (χ0v) is 11.2. The minimum Gasteiger partial charge on any atom is -0.396 e. The van der Waals surface area contributed by atoms with E-state index in [1.807, 2.05) is 6.92 Å². The third kappa shape index (κ3) is 3.44. The highest BCUT2D eigenvalue weighted by molar-refractivity contribution is 5.99. The Morgan fingerprint density at radius 2 is 2.16 bits per heavy atom. The number of nitrogens with one attached hydrogen (secondary N) is 1. The first-order valence-electron chi connectivity index (χ1n) is 6.65. The molecule has 0 spiro atoms. The Labute approximate surface area is 112 Å². The van der Waals surface area contributed by atoms with Crippen molar-refractivity contribution < 1.29 is 9.18 Å². The van der Waals surface area contributed by atoms with Gasteiger partial charge in [0.25, 0.3) is 5.91 Å². The number of hydrogen-bond donors (Lipinski definition) is 2. The maximum absolute atomic E-state index is 13.3.